The molecule has 4 rings (SSSR count). The number of aromatic nitrogens is 3. The number of fused-ring (bicyclic) bond motifs is 1. The summed E-state index contributed by atoms with van der Waals surface area (Å²) < 4.78 is 7.25. The minimum absolute atomic E-state index is 0.179. The number of ketones is 1. The first-order valence-electron chi connectivity index (χ1n) is 8.94. The van der Waals surface area contributed by atoms with Gasteiger partial charge in [0.1, 0.15) is 0 Å². The molecule has 0 saturated heterocycles. The maximum Gasteiger partial charge on any atom is 0.359 e. The maximum atomic E-state index is 12.7. The number of nitrogens with zero attached hydrogens (tertiary/aromatic N) is 2. The van der Waals surface area contributed by atoms with Crippen LogP contribution in [0.5, 0.6) is 0 Å². The van der Waals surface area contributed by atoms with Crippen LogP contribution in [0.15, 0.2) is 60.7 Å². The van der Waals surface area contributed by atoms with Gasteiger partial charge in [-0.3, -0.25) is 9.89 Å². The molecule has 2 aromatic heterocycles. The minimum atomic E-state index is -0.623. The van der Waals surface area contributed by atoms with Gasteiger partial charge in [-0.2, -0.15) is 5.10 Å². The second kappa shape index (κ2) is 7.15. The van der Waals surface area contributed by atoms with Crippen LogP contribution in [0.25, 0.3) is 16.6 Å². The van der Waals surface area contributed by atoms with Crippen molar-refractivity contribution in [2.45, 2.75) is 13.8 Å². The van der Waals surface area contributed by atoms with Crippen LogP contribution in [0.2, 0.25) is 0 Å². The molecular formula is C22H19N3O3. The fourth-order valence-electron chi connectivity index (χ4n) is 3.42. The van der Waals surface area contributed by atoms with Crippen LogP contribution < -0.4 is 0 Å². The lowest BCUT2D eigenvalue weighted by Crippen LogP contribution is -2.15. The predicted molar refractivity (Wildman–Crippen MR) is 106 cm³/mol. The molecule has 0 saturated carbocycles. The van der Waals surface area contributed by atoms with Gasteiger partial charge < -0.3 is 9.30 Å². The Labute approximate surface area is 161 Å². The Bertz CT molecular complexity index is 1170. The monoisotopic (exact) mass is 373 g/mol. The average molecular weight is 373 g/mol. The van der Waals surface area contributed by atoms with E-state index in [0.717, 1.165) is 22.6 Å². The van der Waals surface area contributed by atoms with Crippen molar-refractivity contribution >= 4 is 22.7 Å². The molecule has 2 heterocycles. The zero-order chi connectivity index (χ0) is 19.7. The predicted octanol–water partition coefficient (Wildman–Crippen LogP) is 4.01. The number of rotatable bonds is 5. The lowest BCUT2D eigenvalue weighted by molar-refractivity contribution is 0.0470. The van der Waals surface area contributed by atoms with Crippen molar-refractivity contribution < 1.29 is 14.3 Å². The second-order valence-corrected chi connectivity index (χ2v) is 6.57. The smallest absolute Gasteiger partial charge is 0.359 e. The fourth-order valence-corrected chi connectivity index (χ4v) is 3.42. The van der Waals surface area contributed by atoms with Crippen molar-refractivity contribution in [1.82, 2.24) is 14.8 Å². The van der Waals surface area contributed by atoms with Gasteiger partial charge in [0.2, 0.25) is 5.78 Å². The van der Waals surface area contributed by atoms with Crippen molar-refractivity contribution in [2.75, 3.05) is 6.61 Å². The topological polar surface area (TPSA) is 77.0 Å². The molecule has 0 fully saturated rings. The molecule has 28 heavy (non-hydrogen) atoms. The van der Waals surface area contributed by atoms with E-state index in [1.807, 2.05) is 73.0 Å². The first-order valence-corrected chi connectivity index (χ1v) is 8.94. The van der Waals surface area contributed by atoms with E-state index < -0.39 is 5.97 Å². The SMILES string of the molecule is Cc1cc(C(=O)COC(=O)c2n[nH]c3ccccc23)c(C)n1-c1ccccc1. The molecular weight excluding hydrogens is 354 g/mol. The van der Waals surface area contributed by atoms with E-state index in [-0.39, 0.29) is 18.1 Å². The fraction of sp³-hybridized carbons (Fsp3) is 0.136. The molecule has 0 amide bonds. The molecule has 0 aliphatic rings. The Morgan fingerprint density at radius 2 is 1.75 bits per heavy atom. The van der Waals surface area contributed by atoms with E-state index in [1.54, 1.807) is 6.07 Å². The van der Waals surface area contributed by atoms with Crippen LogP contribution >= 0.6 is 0 Å². The number of carbonyl (C=O) groups is 2. The van der Waals surface area contributed by atoms with Gasteiger partial charge in [0.05, 0.1) is 5.52 Å². The Morgan fingerprint density at radius 1 is 1.04 bits per heavy atom. The number of carbonyl (C=O) groups excluding carboxylic acids is 2. The molecule has 2 aromatic carbocycles. The lowest BCUT2D eigenvalue weighted by atomic mass is 10.1. The highest BCUT2D eigenvalue weighted by Gasteiger charge is 2.20. The van der Waals surface area contributed by atoms with Crippen LogP contribution in [0.4, 0.5) is 0 Å². The molecule has 6 nitrogen and oxygen atoms in total. The molecule has 6 heteroatoms. The number of nitrogens with one attached hydrogen (secondary N) is 1. The van der Waals surface area contributed by atoms with Crippen LogP contribution in [0.3, 0.4) is 0 Å². The first kappa shape index (κ1) is 17.7. The number of aromatic amines is 1. The number of esters is 1. The number of benzene rings is 2. The lowest BCUT2D eigenvalue weighted by Gasteiger charge is -2.09. The summed E-state index contributed by atoms with van der Waals surface area (Å²) in [5, 5.41) is 7.46. The third kappa shape index (κ3) is 3.09. The highest BCUT2D eigenvalue weighted by molar-refractivity contribution is 6.04. The normalized spacial score (nSPS) is 10.9. The first-order chi connectivity index (χ1) is 13.6. The van der Waals surface area contributed by atoms with E-state index in [0.29, 0.717) is 10.9 Å². The van der Waals surface area contributed by atoms with Gasteiger partial charge in [0.15, 0.2) is 12.3 Å². The van der Waals surface area contributed by atoms with E-state index >= 15 is 0 Å². The van der Waals surface area contributed by atoms with Gasteiger partial charge >= 0.3 is 5.97 Å². The maximum absolute atomic E-state index is 12.7. The molecule has 0 unspecified atom stereocenters. The summed E-state index contributed by atoms with van der Waals surface area (Å²) in [6.45, 7) is 3.49. The number of Topliss-reactive ketones (excluding diaryl/α,β-unsaturated/α-hetero) is 1. The van der Waals surface area contributed by atoms with Gasteiger partial charge in [0, 0.05) is 28.0 Å². The molecule has 0 bridgehead atoms. The van der Waals surface area contributed by atoms with E-state index in [2.05, 4.69) is 10.2 Å². The summed E-state index contributed by atoms with van der Waals surface area (Å²) in [6, 6.07) is 18.9. The third-order valence-electron chi connectivity index (χ3n) is 4.74. The second-order valence-electron chi connectivity index (χ2n) is 6.57. The number of ether oxygens (including phenoxy) is 1. The minimum Gasteiger partial charge on any atom is -0.452 e. The number of aryl methyl sites for hydroxylation is 1. The van der Waals surface area contributed by atoms with E-state index in [1.165, 1.54) is 0 Å². The van der Waals surface area contributed by atoms with Crippen molar-refractivity contribution in [3.63, 3.8) is 0 Å². The largest absolute Gasteiger partial charge is 0.452 e. The molecule has 0 radical (unpaired) electrons. The molecule has 0 aliphatic carbocycles. The summed E-state index contributed by atoms with van der Waals surface area (Å²) in [5.41, 5.74) is 4.20. The van der Waals surface area contributed by atoms with Crippen molar-refractivity contribution in [1.29, 1.82) is 0 Å². The highest BCUT2D eigenvalue weighted by Crippen LogP contribution is 2.21. The Morgan fingerprint density at radius 3 is 2.54 bits per heavy atom. The Hall–Kier alpha value is -3.67. The summed E-state index contributed by atoms with van der Waals surface area (Å²) in [4.78, 5) is 25.1. The van der Waals surface area contributed by atoms with Gasteiger partial charge in [-0.25, -0.2) is 4.79 Å². The highest BCUT2D eigenvalue weighted by atomic mass is 16.5. The number of hydrogen-bond donors (Lipinski definition) is 1. The quantitative estimate of drug-likeness (QED) is 0.424. The average Bonchev–Trinajstić information content (AvgIpc) is 3.27. The number of hydrogen-bond acceptors (Lipinski definition) is 4. The van der Waals surface area contributed by atoms with Crippen molar-refractivity contribution in [3.8, 4) is 5.69 Å². The van der Waals surface area contributed by atoms with Gasteiger partial charge in [-0.15, -0.1) is 0 Å². The number of H-pyrrole nitrogens is 1. The molecule has 140 valence electrons. The summed E-state index contributed by atoms with van der Waals surface area (Å²) in [7, 11) is 0. The third-order valence-corrected chi connectivity index (χ3v) is 4.74. The van der Waals surface area contributed by atoms with Gasteiger partial charge in [0.25, 0.3) is 0 Å². The molecule has 4 aromatic rings. The molecule has 0 aliphatic heterocycles. The Balaban J connectivity index is 1.52. The summed E-state index contributed by atoms with van der Waals surface area (Å²) in [6.07, 6.45) is 0. The van der Waals surface area contributed by atoms with Crippen molar-refractivity contribution in [2.24, 2.45) is 0 Å². The van der Waals surface area contributed by atoms with Crippen LogP contribution in [0.1, 0.15) is 32.2 Å². The van der Waals surface area contributed by atoms with E-state index in [9.17, 15) is 9.59 Å². The van der Waals surface area contributed by atoms with Crippen LogP contribution in [0, 0.1) is 13.8 Å². The standard InChI is InChI=1S/C22H19N3O3/c1-14-12-18(15(2)25(14)16-8-4-3-5-9-16)20(26)13-28-22(27)21-17-10-6-7-11-19(17)23-24-21/h3-12H,13H2,1-2H3,(H,23,24). The van der Waals surface area contributed by atoms with Gasteiger partial charge in [-0.05, 0) is 38.1 Å². The molecule has 0 atom stereocenters. The molecule has 1 N–H and O–H groups in total. The number of para-hydroxylation sites is 2. The van der Waals surface area contributed by atoms with Crippen LogP contribution in [-0.2, 0) is 4.74 Å². The molecule has 0 spiro atoms. The zero-order valence-corrected chi connectivity index (χ0v) is 15.6. The Kier molecular flexibility index (Phi) is 4.53. The summed E-state index contributed by atoms with van der Waals surface area (Å²) >= 11 is 0. The summed E-state index contributed by atoms with van der Waals surface area (Å²) in [5.74, 6) is -0.869. The van der Waals surface area contributed by atoms with Gasteiger partial charge in [-0.1, -0.05) is 36.4 Å². The van der Waals surface area contributed by atoms with E-state index in [4.69, 9.17) is 4.74 Å². The van der Waals surface area contributed by atoms with Crippen LogP contribution in [-0.4, -0.2) is 33.1 Å². The van der Waals surface area contributed by atoms with Crippen molar-refractivity contribution in [3.05, 3.63) is 83.3 Å². The zero-order valence-electron chi connectivity index (χ0n) is 15.6.